The van der Waals surface area contributed by atoms with Crippen molar-refractivity contribution in [3.63, 3.8) is 0 Å². The van der Waals surface area contributed by atoms with E-state index >= 15 is 0 Å². The largest absolute Gasteiger partial charge is 0.332 e. The van der Waals surface area contributed by atoms with Gasteiger partial charge in [0.2, 0.25) is 0 Å². The number of aryl methyl sites for hydroxylation is 1. The van der Waals surface area contributed by atoms with Crippen LogP contribution in [0.25, 0.3) is 0 Å². The van der Waals surface area contributed by atoms with Crippen LogP contribution in [-0.4, -0.2) is 17.4 Å². The SMILES string of the molecule is Cc1cc(C(=O)N2CCCC2c2ccsc2)ccc1Br. The molecule has 0 radical (unpaired) electrons. The molecule has 1 aliphatic heterocycles. The number of thiophene rings is 1. The van der Waals surface area contributed by atoms with Crippen LogP contribution in [0.1, 0.15) is 40.4 Å². The fourth-order valence-corrected chi connectivity index (χ4v) is 3.72. The monoisotopic (exact) mass is 349 g/mol. The number of carbonyl (C=O) groups is 1. The number of nitrogens with zero attached hydrogens (tertiary/aromatic N) is 1. The van der Waals surface area contributed by atoms with Crippen molar-refractivity contribution in [1.82, 2.24) is 4.90 Å². The highest BCUT2D eigenvalue weighted by molar-refractivity contribution is 9.10. The Morgan fingerprint density at radius 1 is 1.40 bits per heavy atom. The maximum Gasteiger partial charge on any atom is 0.254 e. The number of rotatable bonds is 2. The lowest BCUT2D eigenvalue weighted by Gasteiger charge is -2.24. The van der Waals surface area contributed by atoms with E-state index in [9.17, 15) is 4.79 Å². The minimum atomic E-state index is 0.148. The van der Waals surface area contributed by atoms with Gasteiger partial charge in [-0.3, -0.25) is 4.79 Å². The summed E-state index contributed by atoms with van der Waals surface area (Å²) in [5.41, 5.74) is 3.16. The molecule has 0 N–H and O–H groups in total. The fourth-order valence-electron chi connectivity index (χ4n) is 2.76. The molecule has 1 saturated heterocycles. The molecule has 1 fully saturated rings. The van der Waals surface area contributed by atoms with Crippen LogP contribution in [0.3, 0.4) is 0 Å². The second-order valence-electron chi connectivity index (χ2n) is 5.18. The molecule has 1 unspecified atom stereocenters. The molecule has 1 aromatic heterocycles. The average molecular weight is 350 g/mol. The smallest absolute Gasteiger partial charge is 0.254 e. The van der Waals surface area contributed by atoms with Gasteiger partial charge < -0.3 is 4.90 Å². The first-order chi connectivity index (χ1) is 9.66. The highest BCUT2D eigenvalue weighted by Gasteiger charge is 2.30. The summed E-state index contributed by atoms with van der Waals surface area (Å²) in [6.07, 6.45) is 2.15. The van der Waals surface area contributed by atoms with Gasteiger partial charge in [-0.1, -0.05) is 15.9 Å². The number of amides is 1. The molecule has 0 saturated carbocycles. The molecule has 2 aromatic rings. The van der Waals surface area contributed by atoms with E-state index in [1.165, 1.54) is 5.56 Å². The first-order valence-corrected chi connectivity index (χ1v) is 8.49. The van der Waals surface area contributed by atoms with Gasteiger partial charge in [-0.05, 0) is 65.9 Å². The highest BCUT2D eigenvalue weighted by atomic mass is 79.9. The number of hydrogen-bond acceptors (Lipinski definition) is 2. The van der Waals surface area contributed by atoms with E-state index in [2.05, 4.69) is 32.8 Å². The molecule has 0 bridgehead atoms. The van der Waals surface area contributed by atoms with Gasteiger partial charge in [0.15, 0.2) is 0 Å². The van der Waals surface area contributed by atoms with Gasteiger partial charge in [0.1, 0.15) is 0 Å². The van der Waals surface area contributed by atoms with E-state index in [-0.39, 0.29) is 11.9 Å². The number of benzene rings is 1. The van der Waals surface area contributed by atoms with Crippen LogP contribution in [0.15, 0.2) is 39.5 Å². The molecular formula is C16H16BrNOS. The zero-order chi connectivity index (χ0) is 14.1. The molecule has 2 nitrogen and oxygen atoms in total. The third-order valence-corrected chi connectivity index (χ3v) is 5.44. The number of halogens is 1. The van der Waals surface area contributed by atoms with E-state index < -0.39 is 0 Å². The lowest BCUT2D eigenvalue weighted by atomic mass is 10.1. The van der Waals surface area contributed by atoms with Crippen LogP contribution in [0, 0.1) is 6.92 Å². The summed E-state index contributed by atoms with van der Waals surface area (Å²) < 4.78 is 1.05. The fraction of sp³-hybridized carbons (Fsp3) is 0.312. The minimum Gasteiger partial charge on any atom is -0.332 e. The van der Waals surface area contributed by atoms with Crippen molar-refractivity contribution in [1.29, 1.82) is 0 Å². The average Bonchev–Trinajstić information content (AvgIpc) is 3.10. The molecule has 1 atom stereocenters. The Hall–Kier alpha value is -1.13. The second kappa shape index (κ2) is 5.70. The Kier molecular flexibility index (Phi) is 3.94. The van der Waals surface area contributed by atoms with E-state index in [0.29, 0.717) is 0 Å². The van der Waals surface area contributed by atoms with Crippen molar-refractivity contribution in [2.45, 2.75) is 25.8 Å². The Bertz CT molecular complexity index is 623. The first kappa shape index (κ1) is 13.8. The minimum absolute atomic E-state index is 0.148. The molecule has 0 aliphatic carbocycles. The summed E-state index contributed by atoms with van der Waals surface area (Å²) in [6, 6.07) is 8.21. The normalized spacial score (nSPS) is 18.5. The molecule has 3 rings (SSSR count). The number of hydrogen-bond donors (Lipinski definition) is 0. The van der Waals surface area contributed by atoms with Crippen molar-refractivity contribution >= 4 is 33.2 Å². The van der Waals surface area contributed by atoms with Crippen LogP contribution in [-0.2, 0) is 0 Å². The topological polar surface area (TPSA) is 20.3 Å². The Morgan fingerprint density at radius 2 is 2.25 bits per heavy atom. The van der Waals surface area contributed by atoms with E-state index in [0.717, 1.165) is 35.0 Å². The lowest BCUT2D eigenvalue weighted by molar-refractivity contribution is 0.0736. The van der Waals surface area contributed by atoms with Crippen molar-refractivity contribution in [3.05, 3.63) is 56.2 Å². The zero-order valence-corrected chi connectivity index (χ0v) is 13.7. The van der Waals surface area contributed by atoms with Gasteiger partial charge in [0.25, 0.3) is 5.91 Å². The van der Waals surface area contributed by atoms with Crippen molar-refractivity contribution in [2.24, 2.45) is 0 Å². The molecule has 2 heterocycles. The Morgan fingerprint density at radius 3 is 2.95 bits per heavy atom. The van der Waals surface area contributed by atoms with Gasteiger partial charge >= 0.3 is 0 Å². The highest BCUT2D eigenvalue weighted by Crippen LogP contribution is 2.34. The maximum absolute atomic E-state index is 12.7. The van der Waals surface area contributed by atoms with Gasteiger partial charge in [-0.15, -0.1) is 0 Å². The third kappa shape index (κ3) is 2.54. The molecular weight excluding hydrogens is 334 g/mol. The van der Waals surface area contributed by atoms with Crippen LogP contribution < -0.4 is 0 Å². The van der Waals surface area contributed by atoms with E-state index in [4.69, 9.17) is 0 Å². The van der Waals surface area contributed by atoms with E-state index in [1.54, 1.807) is 11.3 Å². The van der Waals surface area contributed by atoms with Gasteiger partial charge in [-0.2, -0.15) is 11.3 Å². The molecule has 1 aromatic carbocycles. The third-order valence-electron chi connectivity index (χ3n) is 3.85. The quantitative estimate of drug-likeness (QED) is 0.762. The van der Waals surface area contributed by atoms with Crippen molar-refractivity contribution in [3.8, 4) is 0 Å². The van der Waals surface area contributed by atoms with E-state index in [1.807, 2.05) is 30.0 Å². The van der Waals surface area contributed by atoms with Crippen LogP contribution in [0.4, 0.5) is 0 Å². The Labute approximate surface area is 131 Å². The molecule has 4 heteroatoms. The first-order valence-electron chi connectivity index (χ1n) is 6.76. The Balaban J connectivity index is 1.87. The van der Waals surface area contributed by atoms with Gasteiger partial charge in [0, 0.05) is 16.6 Å². The molecule has 1 amide bonds. The molecule has 20 heavy (non-hydrogen) atoms. The van der Waals surface area contributed by atoms with Crippen LogP contribution in [0.5, 0.6) is 0 Å². The number of carbonyl (C=O) groups excluding carboxylic acids is 1. The zero-order valence-electron chi connectivity index (χ0n) is 11.3. The molecule has 1 aliphatic rings. The second-order valence-corrected chi connectivity index (χ2v) is 6.81. The molecule has 104 valence electrons. The predicted molar refractivity (Wildman–Crippen MR) is 86.2 cm³/mol. The predicted octanol–water partition coefficient (Wildman–Crippen LogP) is 4.80. The molecule has 0 spiro atoms. The standard InChI is InChI=1S/C16H16BrNOS/c1-11-9-12(4-5-14(11)17)16(19)18-7-2-3-15(18)13-6-8-20-10-13/h4-6,8-10,15H,2-3,7H2,1H3. The summed E-state index contributed by atoms with van der Waals surface area (Å²) in [6.45, 7) is 2.87. The van der Waals surface area contributed by atoms with Crippen molar-refractivity contribution in [2.75, 3.05) is 6.54 Å². The summed E-state index contributed by atoms with van der Waals surface area (Å²) in [5.74, 6) is 0.148. The van der Waals surface area contributed by atoms with Crippen LogP contribution in [0.2, 0.25) is 0 Å². The maximum atomic E-state index is 12.7. The van der Waals surface area contributed by atoms with Gasteiger partial charge in [0.05, 0.1) is 6.04 Å². The summed E-state index contributed by atoms with van der Waals surface area (Å²) >= 11 is 5.18. The number of likely N-dealkylation sites (tertiary alicyclic amines) is 1. The van der Waals surface area contributed by atoms with Crippen LogP contribution >= 0.6 is 27.3 Å². The van der Waals surface area contributed by atoms with Gasteiger partial charge in [-0.25, -0.2) is 0 Å². The summed E-state index contributed by atoms with van der Waals surface area (Å²) in [4.78, 5) is 14.7. The summed E-state index contributed by atoms with van der Waals surface area (Å²) in [5, 5.41) is 4.24. The summed E-state index contributed by atoms with van der Waals surface area (Å²) in [7, 11) is 0. The van der Waals surface area contributed by atoms with Crippen molar-refractivity contribution < 1.29 is 4.79 Å². The lowest BCUT2D eigenvalue weighted by Crippen LogP contribution is -2.30.